The molecular weight excluding hydrogens is 268 g/mol. The number of carbonyl (C=O) groups is 1. The molecule has 21 heavy (non-hydrogen) atoms. The number of primary amides is 1. The molecule has 2 N–H and O–H groups in total. The van der Waals surface area contributed by atoms with E-state index in [-0.39, 0.29) is 11.5 Å². The maximum absolute atomic E-state index is 11.6. The summed E-state index contributed by atoms with van der Waals surface area (Å²) >= 11 is 0. The second kappa shape index (κ2) is 5.16. The van der Waals surface area contributed by atoms with Gasteiger partial charge in [-0.2, -0.15) is 0 Å². The van der Waals surface area contributed by atoms with Crippen LogP contribution in [0.15, 0.2) is 47.1 Å². The molecule has 0 fully saturated rings. The molecule has 0 atom stereocenters. The molecule has 0 saturated carbocycles. The van der Waals surface area contributed by atoms with Gasteiger partial charge in [0, 0.05) is 18.1 Å². The molecule has 1 amide bonds. The van der Waals surface area contributed by atoms with E-state index >= 15 is 0 Å². The van der Waals surface area contributed by atoms with E-state index < -0.39 is 5.91 Å². The number of carbonyl (C=O) groups excluding carboxylic acids is 1. The molecule has 0 aliphatic rings. The monoisotopic (exact) mass is 280 g/mol. The van der Waals surface area contributed by atoms with Gasteiger partial charge in [0.1, 0.15) is 5.69 Å². The van der Waals surface area contributed by atoms with Gasteiger partial charge in [-0.3, -0.25) is 14.8 Å². The van der Waals surface area contributed by atoms with Crippen molar-refractivity contribution in [2.24, 2.45) is 5.73 Å². The van der Waals surface area contributed by atoms with Gasteiger partial charge in [-0.1, -0.05) is 6.07 Å². The van der Waals surface area contributed by atoms with Gasteiger partial charge in [0.2, 0.25) is 5.89 Å². The van der Waals surface area contributed by atoms with Gasteiger partial charge in [-0.15, -0.1) is 0 Å². The summed E-state index contributed by atoms with van der Waals surface area (Å²) in [6.07, 6.45) is 3.29. The highest BCUT2D eigenvalue weighted by atomic mass is 16.4. The van der Waals surface area contributed by atoms with E-state index in [1.54, 1.807) is 36.7 Å². The van der Waals surface area contributed by atoms with E-state index in [4.69, 9.17) is 10.2 Å². The van der Waals surface area contributed by atoms with Crippen LogP contribution >= 0.6 is 0 Å². The Balaban J connectivity index is 2.18. The highest BCUT2D eigenvalue weighted by molar-refractivity contribution is 5.96. The molecule has 0 spiro atoms. The zero-order chi connectivity index (χ0) is 14.8. The summed E-state index contributed by atoms with van der Waals surface area (Å²) in [5.74, 6) is -0.0939. The zero-order valence-electron chi connectivity index (χ0n) is 11.3. The smallest absolute Gasteiger partial charge is 0.271 e. The van der Waals surface area contributed by atoms with E-state index in [9.17, 15) is 4.79 Å². The van der Waals surface area contributed by atoms with Crippen LogP contribution in [-0.2, 0) is 0 Å². The molecule has 0 aromatic carbocycles. The third-order valence-corrected chi connectivity index (χ3v) is 3.00. The third kappa shape index (κ3) is 2.38. The number of rotatable bonds is 3. The quantitative estimate of drug-likeness (QED) is 0.793. The van der Waals surface area contributed by atoms with Gasteiger partial charge in [-0.05, 0) is 31.2 Å². The average molecular weight is 280 g/mol. The number of aryl methyl sites for hydroxylation is 1. The molecule has 0 aliphatic carbocycles. The Labute approximate surface area is 120 Å². The third-order valence-electron chi connectivity index (χ3n) is 3.00. The Morgan fingerprint density at radius 1 is 1.14 bits per heavy atom. The number of aromatic nitrogens is 3. The number of oxazole rings is 1. The van der Waals surface area contributed by atoms with E-state index in [2.05, 4.69) is 15.0 Å². The van der Waals surface area contributed by atoms with Gasteiger partial charge in [-0.25, -0.2) is 4.98 Å². The predicted octanol–water partition coefficient (Wildman–Crippen LogP) is 2.21. The number of amides is 1. The summed E-state index contributed by atoms with van der Waals surface area (Å²) in [6.45, 7) is 1.84. The number of pyridine rings is 2. The molecule has 3 heterocycles. The Morgan fingerprint density at radius 2 is 1.95 bits per heavy atom. The van der Waals surface area contributed by atoms with Crippen molar-refractivity contribution in [3.63, 3.8) is 0 Å². The molecule has 6 heteroatoms. The zero-order valence-corrected chi connectivity index (χ0v) is 11.3. The van der Waals surface area contributed by atoms with Crippen LogP contribution < -0.4 is 5.73 Å². The fraction of sp³-hybridized carbons (Fsp3) is 0.0667. The van der Waals surface area contributed by atoms with Crippen LogP contribution in [0.4, 0.5) is 0 Å². The number of hydrogen-bond acceptors (Lipinski definition) is 5. The summed E-state index contributed by atoms with van der Waals surface area (Å²) in [5, 5.41) is 0. The first-order chi connectivity index (χ1) is 10.2. The Morgan fingerprint density at radius 3 is 2.62 bits per heavy atom. The SMILES string of the molecule is Cc1ncccc1-c1nc(C(N)=O)c(-c2ccccn2)o1. The van der Waals surface area contributed by atoms with Gasteiger partial charge in [0.15, 0.2) is 11.5 Å². The highest BCUT2D eigenvalue weighted by Gasteiger charge is 2.21. The first-order valence-electron chi connectivity index (χ1n) is 6.31. The van der Waals surface area contributed by atoms with Gasteiger partial charge in [0.25, 0.3) is 5.91 Å². The van der Waals surface area contributed by atoms with Crippen LogP contribution in [0.3, 0.4) is 0 Å². The number of hydrogen-bond donors (Lipinski definition) is 1. The van der Waals surface area contributed by atoms with Crippen LogP contribution in [0.5, 0.6) is 0 Å². The maximum Gasteiger partial charge on any atom is 0.271 e. The Hall–Kier alpha value is -3.02. The minimum Gasteiger partial charge on any atom is -0.434 e. The molecule has 104 valence electrons. The largest absolute Gasteiger partial charge is 0.434 e. The van der Waals surface area contributed by atoms with Crippen molar-refractivity contribution in [3.8, 4) is 22.9 Å². The minimum atomic E-state index is -0.660. The van der Waals surface area contributed by atoms with E-state index in [1.165, 1.54) is 0 Å². The Kier molecular flexibility index (Phi) is 3.19. The second-order valence-electron chi connectivity index (χ2n) is 4.41. The molecule has 3 rings (SSSR count). The van der Waals surface area contributed by atoms with Crippen molar-refractivity contribution in [2.45, 2.75) is 6.92 Å². The van der Waals surface area contributed by atoms with Crippen molar-refractivity contribution in [1.82, 2.24) is 15.0 Å². The molecule has 3 aromatic heterocycles. The number of nitrogens with two attached hydrogens (primary N) is 1. The molecule has 0 radical (unpaired) electrons. The molecule has 0 bridgehead atoms. The summed E-state index contributed by atoms with van der Waals surface area (Å²) in [7, 11) is 0. The summed E-state index contributed by atoms with van der Waals surface area (Å²) < 4.78 is 5.71. The highest BCUT2D eigenvalue weighted by Crippen LogP contribution is 2.29. The number of nitrogens with zero attached hydrogens (tertiary/aromatic N) is 3. The van der Waals surface area contributed by atoms with Crippen LogP contribution in [0.2, 0.25) is 0 Å². The second-order valence-corrected chi connectivity index (χ2v) is 4.41. The minimum absolute atomic E-state index is 0.0620. The van der Waals surface area contributed by atoms with E-state index in [1.807, 2.05) is 13.0 Å². The normalized spacial score (nSPS) is 10.5. The molecule has 6 nitrogen and oxygen atoms in total. The lowest BCUT2D eigenvalue weighted by atomic mass is 10.2. The Bertz CT molecular complexity index is 796. The van der Waals surface area contributed by atoms with Crippen molar-refractivity contribution in [2.75, 3.05) is 0 Å². The topological polar surface area (TPSA) is 94.9 Å². The summed E-state index contributed by atoms with van der Waals surface area (Å²) in [4.78, 5) is 24.1. The molecule has 0 saturated heterocycles. The fourth-order valence-corrected chi connectivity index (χ4v) is 1.98. The van der Waals surface area contributed by atoms with Gasteiger partial charge >= 0.3 is 0 Å². The van der Waals surface area contributed by atoms with E-state index in [0.717, 1.165) is 5.69 Å². The summed E-state index contributed by atoms with van der Waals surface area (Å²) in [6, 6.07) is 8.89. The lowest BCUT2D eigenvalue weighted by Gasteiger charge is -1.98. The van der Waals surface area contributed by atoms with E-state index in [0.29, 0.717) is 17.1 Å². The lowest BCUT2D eigenvalue weighted by molar-refractivity contribution is 0.0996. The first kappa shape index (κ1) is 13.0. The lowest BCUT2D eigenvalue weighted by Crippen LogP contribution is -2.12. The van der Waals surface area contributed by atoms with Crippen LogP contribution in [0.25, 0.3) is 22.9 Å². The molecule has 0 aliphatic heterocycles. The van der Waals surface area contributed by atoms with Crippen molar-refractivity contribution < 1.29 is 9.21 Å². The van der Waals surface area contributed by atoms with Crippen molar-refractivity contribution >= 4 is 5.91 Å². The van der Waals surface area contributed by atoms with Crippen molar-refractivity contribution in [1.29, 1.82) is 0 Å². The van der Waals surface area contributed by atoms with Crippen molar-refractivity contribution in [3.05, 3.63) is 54.1 Å². The van der Waals surface area contributed by atoms with Gasteiger partial charge in [0.05, 0.1) is 5.56 Å². The first-order valence-corrected chi connectivity index (χ1v) is 6.31. The molecule has 0 unspecified atom stereocenters. The summed E-state index contributed by atoms with van der Waals surface area (Å²) in [5.41, 5.74) is 7.41. The average Bonchev–Trinajstić information content (AvgIpc) is 2.94. The fourth-order valence-electron chi connectivity index (χ4n) is 1.98. The van der Waals surface area contributed by atoms with Crippen LogP contribution in [-0.4, -0.2) is 20.9 Å². The standard InChI is InChI=1S/C15H12N4O2/c1-9-10(5-4-8-17-9)15-19-12(14(16)20)13(21-15)11-6-2-3-7-18-11/h2-8H,1H3,(H2,16,20). The molecule has 3 aromatic rings. The van der Waals surface area contributed by atoms with Crippen LogP contribution in [0, 0.1) is 6.92 Å². The maximum atomic E-state index is 11.6. The predicted molar refractivity (Wildman–Crippen MR) is 76.2 cm³/mol. The van der Waals surface area contributed by atoms with Crippen LogP contribution in [0.1, 0.15) is 16.2 Å². The molecular formula is C15H12N4O2. The van der Waals surface area contributed by atoms with Gasteiger partial charge < -0.3 is 10.2 Å².